The lowest BCUT2D eigenvalue weighted by atomic mass is 9.62. The van der Waals surface area contributed by atoms with Crippen LogP contribution in [0.2, 0.25) is 0 Å². The standard InChI is InChI=1S/C19H36N2O3/c1-9-14-10-16(2,3)20(22)18(6,11-14)19(7)13-15(24-8)12-17(4,5)21(19)23/h9,14-15,22-23H,1,10-13H2,2-8H3. The Morgan fingerprint density at radius 3 is 1.79 bits per heavy atom. The molecule has 4 atom stereocenters. The molecule has 140 valence electrons. The first-order valence-electron chi connectivity index (χ1n) is 8.98. The van der Waals surface area contributed by atoms with Gasteiger partial charge >= 0.3 is 0 Å². The minimum Gasteiger partial charge on any atom is -0.381 e. The summed E-state index contributed by atoms with van der Waals surface area (Å²) in [6.45, 7) is 16.2. The number of ether oxygens (including phenoxy) is 1. The van der Waals surface area contributed by atoms with Crippen LogP contribution in [0.4, 0.5) is 0 Å². The van der Waals surface area contributed by atoms with Crippen LogP contribution in [0, 0.1) is 5.92 Å². The van der Waals surface area contributed by atoms with Crippen LogP contribution >= 0.6 is 0 Å². The molecule has 4 unspecified atom stereocenters. The second kappa shape index (κ2) is 6.06. The normalized spacial score (nSPS) is 43.5. The van der Waals surface area contributed by atoms with Crippen molar-refractivity contribution in [3.05, 3.63) is 12.7 Å². The minimum atomic E-state index is -0.650. The number of methoxy groups -OCH3 is 1. The van der Waals surface area contributed by atoms with Crippen molar-refractivity contribution in [2.24, 2.45) is 5.92 Å². The molecule has 0 bridgehead atoms. The lowest BCUT2D eigenvalue weighted by Gasteiger charge is -2.65. The van der Waals surface area contributed by atoms with Crippen molar-refractivity contribution in [3.8, 4) is 0 Å². The monoisotopic (exact) mass is 340 g/mol. The summed E-state index contributed by atoms with van der Waals surface area (Å²) >= 11 is 0. The number of hydroxylamine groups is 4. The first-order valence-corrected chi connectivity index (χ1v) is 8.98. The number of piperidine rings is 2. The van der Waals surface area contributed by atoms with Gasteiger partial charge in [0.05, 0.1) is 17.2 Å². The molecule has 0 radical (unpaired) electrons. The van der Waals surface area contributed by atoms with E-state index in [2.05, 4.69) is 13.5 Å². The Hall–Kier alpha value is -0.460. The van der Waals surface area contributed by atoms with Crippen molar-refractivity contribution in [2.45, 2.75) is 95.5 Å². The summed E-state index contributed by atoms with van der Waals surface area (Å²) in [4.78, 5) is 0. The first kappa shape index (κ1) is 19.9. The largest absolute Gasteiger partial charge is 0.381 e. The molecule has 2 aliphatic heterocycles. The van der Waals surface area contributed by atoms with E-state index in [9.17, 15) is 10.4 Å². The van der Waals surface area contributed by atoms with Gasteiger partial charge in [-0.3, -0.25) is 0 Å². The van der Waals surface area contributed by atoms with Crippen LogP contribution in [0.25, 0.3) is 0 Å². The van der Waals surface area contributed by atoms with Gasteiger partial charge in [-0.25, -0.2) is 0 Å². The maximum Gasteiger partial charge on any atom is 0.0666 e. The molecule has 24 heavy (non-hydrogen) atoms. The van der Waals surface area contributed by atoms with Gasteiger partial charge in [-0.15, -0.1) is 6.58 Å². The SMILES string of the molecule is C=CC1CC(C)(C)N(O)C(C)(C2(C)CC(OC)CC(C)(C)N2O)C1. The molecule has 2 aliphatic rings. The van der Waals surface area contributed by atoms with Crippen LogP contribution in [-0.2, 0) is 4.74 Å². The average Bonchev–Trinajstić information content (AvgIpc) is 2.48. The second-order valence-corrected chi connectivity index (χ2v) is 9.47. The fourth-order valence-electron chi connectivity index (χ4n) is 5.21. The summed E-state index contributed by atoms with van der Waals surface area (Å²) in [5.74, 6) is 0.296. The Balaban J connectivity index is 2.52. The smallest absolute Gasteiger partial charge is 0.0666 e. The van der Waals surface area contributed by atoms with Crippen molar-refractivity contribution in [2.75, 3.05) is 7.11 Å². The van der Waals surface area contributed by atoms with Gasteiger partial charge < -0.3 is 15.2 Å². The lowest BCUT2D eigenvalue weighted by Crippen LogP contribution is -2.77. The summed E-state index contributed by atoms with van der Waals surface area (Å²) in [5, 5.41) is 25.3. The molecule has 2 rings (SSSR count). The van der Waals surface area contributed by atoms with E-state index in [1.165, 1.54) is 10.1 Å². The summed E-state index contributed by atoms with van der Waals surface area (Å²) in [7, 11) is 1.73. The lowest BCUT2D eigenvalue weighted by molar-refractivity contribution is -0.350. The zero-order valence-corrected chi connectivity index (χ0v) is 16.5. The van der Waals surface area contributed by atoms with Gasteiger partial charge in [0.15, 0.2) is 0 Å². The summed E-state index contributed by atoms with van der Waals surface area (Å²) < 4.78 is 5.69. The second-order valence-electron chi connectivity index (χ2n) is 9.47. The van der Waals surface area contributed by atoms with E-state index in [4.69, 9.17) is 4.74 Å². The molecule has 2 saturated heterocycles. The molecule has 0 aromatic carbocycles. The predicted molar refractivity (Wildman–Crippen MR) is 95.2 cm³/mol. The fourth-order valence-corrected chi connectivity index (χ4v) is 5.21. The summed E-state index contributed by atoms with van der Waals surface area (Å²) in [6.07, 6.45) is 5.05. The zero-order valence-electron chi connectivity index (χ0n) is 16.5. The highest BCUT2D eigenvalue weighted by Crippen LogP contribution is 2.52. The van der Waals surface area contributed by atoms with Crippen molar-refractivity contribution < 1.29 is 15.2 Å². The van der Waals surface area contributed by atoms with Crippen molar-refractivity contribution in [1.82, 2.24) is 10.1 Å². The van der Waals surface area contributed by atoms with Gasteiger partial charge in [-0.2, -0.15) is 10.1 Å². The Kier molecular flexibility index (Phi) is 5.01. The third kappa shape index (κ3) is 2.84. The molecular formula is C19H36N2O3. The predicted octanol–water partition coefficient (Wildman–Crippen LogP) is 3.85. The van der Waals surface area contributed by atoms with Gasteiger partial charge in [0.2, 0.25) is 0 Å². The summed E-state index contributed by atoms with van der Waals surface area (Å²) in [5.41, 5.74) is -2.09. The van der Waals surface area contributed by atoms with E-state index in [1.54, 1.807) is 7.11 Å². The van der Waals surface area contributed by atoms with Crippen LogP contribution in [0.5, 0.6) is 0 Å². The molecule has 0 aromatic rings. The number of hydrogen-bond donors (Lipinski definition) is 2. The molecule has 2 N–H and O–H groups in total. The Labute approximate surface area is 147 Å². The zero-order chi connectivity index (χ0) is 18.6. The maximum absolute atomic E-state index is 11.2. The molecular weight excluding hydrogens is 304 g/mol. The fraction of sp³-hybridized carbons (Fsp3) is 0.895. The van der Waals surface area contributed by atoms with Crippen molar-refractivity contribution >= 4 is 0 Å². The van der Waals surface area contributed by atoms with Crippen molar-refractivity contribution in [3.63, 3.8) is 0 Å². The first-order chi connectivity index (χ1) is 10.8. The highest BCUT2D eigenvalue weighted by Gasteiger charge is 2.63. The van der Waals surface area contributed by atoms with Crippen LogP contribution < -0.4 is 0 Å². The maximum atomic E-state index is 11.2. The Morgan fingerprint density at radius 1 is 0.875 bits per heavy atom. The van der Waals surface area contributed by atoms with Crippen LogP contribution in [0.1, 0.15) is 67.2 Å². The molecule has 0 amide bonds. The number of rotatable bonds is 3. The number of hydrogen-bond acceptors (Lipinski definition) is 5. The molecule has 5 nitrogen and oxygen atoms in total. The van der Waals surface area contributed by atoms with Gasteiger partial charge in [-0.1, -0.05) is 6.08 Å². The van der Waals surface area contributed by atoms with Gasteiger partial charge in [-0.05, 0) is 73.1 Å². The molecule has 0 aliphatic carbocycles. The minimum absolute atomic E-state index is 0.0471. The number of nitrogens with zero attached hydrogens (tertiary/aromatic N) is 2. The summed E-state index contributed by atoms with van der Waals surface area (Å²) in [6, 6.07) is 0. The van der Waals surface area contributed by atoms with E-state index in [0.29, 0.717) is 12.3 Å². The quantitative estimate of drug-likeness (QED) is 0.764. The molecule has 0 spiro atoms. The van der Waals surface area contributed by atoms with Crippen LogP contribution in [0.3, 0.4) is 0 Å². The van der Waals surface area contributed by atoms with E-state index < -0.39 is 16.6 Å². The van der Waals surface area contributed by atoms with Gasteiger partial charge in [0, 0.05) is 18.2 Å². The Bertz CT molecular complexity index is 493. The van der Waals surface area contributed by atoms with Gasteiger partial charge in [0.1, 0.15) is 0 Å². The van der Waals surface area contributed by atoms with Crippen LogP contribution in [-0.4, -0.2) is 55.9 Å². The van der Waals surface area contributed by atoms with E-state index >= 15 is 0 Å². The van der Waals surface area contributed by atoms with E-state index in [-0.39, 0.29) is 11.6 Å². The average molecular weight is 341 g/mol. The molecule has 0 aromatic heterocycles. The highest BCUT2D eigenvalue weighted by molar-refractivity contribution is 5.16. The highest BCUT2D eigenvalue weighted by atomic mass is 16.5. The molecule has 0 saturated carbocycles. The molecule has 2 heterocycles. The third-order valence-electron chi connectivity index (χ3n) is 6.68. The Morgan fingerprint density at radius 2 is 1.33 bits per heavy atom. The van der Waals surface area contributed by atoms with E-state index in [1.807, 2.05) is 40.7 Å². The number of allylic oxidation sites excluding steroid dienone is 1. The van der Waals surface area contributed by atoms with Crippen LogP contribution in [0.15, 0.2) is 12.7 Å². The van der Waals surface area contributed by atoms with Crippen molar-refractivity contribution in [1.29, 1.82) is 0 Å². The third-order valence-corrected chi connectivity index (χ3v) is 6.68. The molecule has 2 fully saturated rings. The van der Waals surface area contributed by atoms with Gasteiger partial charge in [0.25, 0.3) is 0 Å². The topological polar surface area (TPSA) is 56.2 Å². The molecule has 5 heteroatoms. The van der Waals surface area contributed by atoms with E-state index in [0.717, 1.165) is 19.3 Å².